The molecule has 1 aliphatic carbocycles. The van der Waals surface area contributed by atoms with E-state index in [4.69, 9.17) is 4.74 Å². The molecule has 2 aliphatic rings. The summed E-state index contributed by atoms with van der Waals surface area (Å²) >= 11 is 0. The second-order valence-corrected chi connectivity index (χ2v) is 6.23. The molecule has 0 bridgehead atoms. The molecule has 1 saturated heterocycles. The first-order chi connectivity index (χ1) is 10.2. The molecule has 0 radical (unpaired) electrons. The third kappa shape index (κ3) is 3.21. The molecule has 114 valence electrons. The lowest BCUT2D eigenvalue weighted by molar-refractivity contribution is -0.126. The number of amides is 1. The molecule has 2 fully saturated rings. The molecule has 3 rings (SSSR count). The quantitative estimate of drug-likeness (QED) is 0.874. The van der Waals surface area contributed by atoms with Crippen molar-refractivity contribution in [2.45, 2.75) is 38.3 Å². The van der Waals surface area contributed by atoms with E-state index in [0.29, 0.717) is 5.92 Å². The number of rotatable bonds is 5. The van der Waals surface area contributed by atoms with Crippen LogP contribution in [0.4, 0.5) is 0 Å². The number of hydrogen-bond donors (Lipinski definition) is 2. The zero-order chi connectivity index (χ0) is 14.8. The van der Waals surface area contributed by atoms with Crippen LogP contribution in [0.1, 0.15) is 37.8 Å². The summed E-state index contributed by atoms with van der Waals surface area (Å²) in [5, 5.41) is 6.63. The van der Waals surface area contributed by atoms with Crippen LogP contribution in [0.3, 0.4) is 0 Å². The zero-order valence-corrected chi connectivity index (χ0v) is 12.8. The van der Waals surface area contributed by atoms with Crippen LogP contribution in [-0.4, -0.2) is 25.6 Å². The van der Waals surface area contributed by atoms with Gasteiger partial charge in [0.1, 0.15) is 5.75 Å². The molecule has 3 atom stereocenters. The highest BCUT2D eigenvalue weighted by atomic mass is 16.5. The van der Waals surface area contributed by atoms with Crippen molar-refractivity contribution in [1.82, 2.24) is 10.6 Å². The Hall–Kier alpha value is -1.55. The minimum atomic E-state index is 0.101. The van der Waals surface area contributed by atoms with Gasteiger partial charge in [-0.1, -0.05) is 12.1 Å². The fraction of sp³-hybridized carbons (Fsp3) is 0.588. The maximum atomic E-state index is 12.5. The fourth-order valence-electron chi connectivity index (χ4n) is 3.19. The number of carbonyl (C=O) groups is 1. The highest BCUT2D eigenvalue weighted by Gasteiger charge is 2.36. The van der Waals surface area contributed by atoms with Crippen LogP contribution in [0.5, 0.6) is 5.75 Å². The van der Waals surface area contributed by atoms with Gasteiger partial charge >= 0.3 is 0 Å². The third-order valence-corrected chi connectivity index (χ3v) is 4.73. The van der Waals surface area contributed by atoms with Crippen molar-refractivity contribution in [3.8, 4) is 5.75 Å². The summed E-state index contributed by atoms with van der Waals surface area (Å²) < 4.78 is 5.21. The Bertz CT molecular complexity index is 496. The van der Waals surface area contributed by atoms with E-state index in [-0.39, 0.29) is 23.9 Å². The van der Waals surface area contributed by atoms with Crippen molar-refractivity contribution >= 4 is 5.91 Å². The highest BCUT2D eigenvalue weighted by Crippen LogP contribution is 2.41. The average Bonchev–Trinajstić information content (AvgIpc) is 3.26. The normalized spacial score (nSPS) is 26.4. The van der Waals surface area contributed by atoms with Gasteiger partial charge in [-0.25, -0.2) is 0 Å². The number of methoxy groups -OCH3 is 1. The molecule has 1 aromatic rings. The SMILES string of the molecule is COc1ccc(C(NC(=O)C2CCNC2C)C2CC2)cc1. The van der Waals surface area contributed by atoms with Crippen molar-refractivity contribution in [2.75, 3.05) is 13.7 Å². The number of benzene rings is 1. The number of ether oxygens (including phenoxy) is 1. The Labute approximate surface area is 126 Å². The summed E-state index contributed by atoms with van der Waals surface area (Å²) in [6.45, 7) is 3.03. The number of hydrogen-bond acceptors (Lipinski definition) is 3. The second-order valence-electron chi connectivity index (χ2n) is 6.23. The molecule has 1 heterocycles. The largest absolute Gasteiger partial charge is 0.497 e. The predicted molar refractivity (Wildman–Crippen MR) is 82.2 cm³/mol. The molecule has 0 spiro atoms. The van der Waals surface area contributed by atoms with Crippen molar-refractivity contribution in [1.29, 1.82) is 0 Å². The maximum absolute atomic E-state index is 12.5. The summed E-state index contributed by atoms with van der Waals surface area (Å²) in [5.41, 5.74) is 1.19. The Morgan fingerprint density at radius 3 is 2.52 bits per heavy atom. The van der Waals surface area contributed by atoms with Gasteiger partial charge in [-0.2, -0.15) is 0 Å². The van der Waals surface area contributed by atoms with Gasteiger partial charge in [0.05, 0.1) is 19.1 Å². The molecule has 4 heteroatoms. The van der Waals surface area contributed by atoms with Crippen molar-refractivity contribution in [3.05, 3.63) is 29.8 Å². The molecule has 1 aliphatic heterocycles. The van der Waals surface area contributed by atoms with Crippen LogP contribution in [0.25, 0.3) is 0 Å². The summed E-state index contributed by atoms with van der Waals surface area (Å²) in [6, 6.07) is 8.50. The average molecular weight is 288 g/mol. The molecular formula is C17H24N2O2. The summed E-state index contributed by atoms with van der Waals surface area (Å²) in [6.07, 6.45) is 3.35. The molecule has 4 nitrogen and oxygen atoms in total. The van der Waals surface area contributed by atoms with Crippen molar-refractivity contribution in [2.24, 2.45) is 11.8 Å². The van der Waals surface area contributed by atoms with E-state index in [2.05, 4.69) is 29.7 Å². The van der Waals surface area contributed by atoms with E-state index in [9.17, 15) is 4.79 Å². The Morgan fingerprint density at radius 1 is 1.29 bits per heavy atom. The van der Waals surface area contributed by atoms with E-state index < -0.39 is 0 Å². The standard InChI is InChI=1S/C17H24N2O2/c1-11-15(9-10-18-11)17(20)19-16(12-3-4-12)13-5-7-14(21-2)8-6-13/h5-8,11-12,15-16,18H,3-4,9-10H2,1-2H3,(H,19,20). The van der Waals surface area contributed by atoms with Crippen LogP contribution < -0.4 is 15.4 Å². The number of nitrogens with one attached hydrogen (secondary N) is 2. The lowest BCUT2D eigenvalue weighted by atomic mass is 9.97. The first-order valence-electron chi connectivity index (χ1n) is 7.86. The molecule has 3 unspecified atom stereocenters. The Balaban J connectivity index is 1.70. The van der Waals surface area contributed by atoms with Gasteiger partial charge in [0.15, 0.2) is 0 Å². The van der Waals surface area contributed by atoms with Crippen LogP contribution in [0, 0.1) is 11.8 Å². The fourth-order valence-corrected chi connectivity index (χ4v) is 3.19. The van der Waals surface area contributed by atoms with Crippen LogP contribution in [0.2, 0.25) is 0 Å². The van der Waals surface area contributed by atoms with Gasteiger partial charge in [-0.05, 0) is 56.3 Å². The molecule has 1 amide bonds. The number of carbonyl (C=O) groups excluding carboxylic acids is 1. The van der Waals surface area contributed by atoms with Gasteiger partial charge in [-0.15, -0.1) is 0 Å². The van der Waals surface area contributed by atoms with Gasteiger partial charge in [0, 0.05) is 6.04 Å². The van der Waals surface area contributed by atoms with Gasteiger partial charge < -0.3 is 15.4 Å². The zero-order valence-electron chi connectivity index (χ0n) is 12.8. The first kappa shape index (κ1) is 14.4. The smallest absolute Gasteiger partial charge is 0.225 e. The van der Waals surface area contributed by atoms with Crippen LogP contribution in [0.15, 0.2) is 24.3 Å². The predicted octanol–water partition coefficient (Wildman–Crippen LogP) is 2.26. The van der Waals surface area contributed by atoms with Crippen molar-refractivity contribution < 1.29 is 9.53 Å². The van der Waals surface area contributed by atoms with E-state index in [1.54, 1.807) is 7.11 Å². The minimum absolute atomic E-state index is 0.101. The molecular weight excluding hydrogens is 264 g/mol. The van der Waals surface area contributed by atoms with Gasteiger partial charge in [0.25, 0.3) is 0 Å². The van der Waals surface area contributed by atoms with E-state index in [0.717, 1.165) is 18.7 Å². The minimum Gasteiger partial charge on any atom is -0.497 e. The maximum Gasteiger partial charge on any atom is 0.225 e. The first-order valence-corrected chi connectivity index (χ1v) is 7.86. The summed E-state index contributed by atoms with van der Waals surface area (Å²) in [5.74, 6) is 1.74. The second kappa shape index (κ2) is 6.06. The molecule has 0 aromatic heterocycles. The topological polar surface area (TPSA) is 50.4 Å². The summed E-state index contributed by atoms with van der Waals surface area (Å²) in [7, 11) is 1.67. The van der Waals surface area contributed by atoms with Crippen molar-refractivity contribution in [3.63, 3.8) is 0 Å². The monoisotopic (exact) mass is 288 g/mol. The van der Waals surface area contributed by atoms with E-state index in [1.165, 1.54) is 18.4 Å². The lowest BCUT2D eigenvalue weighted by Crippen LogP contribution is -2.39. The molecule has 1 saturated carbocycles. The van der Waals surface area contributed by atoms with Gasteiger partial charge in [-0.3, -0.25) is 4.79 Å². The Kier molecular flexibility index (Phi) is 4.15. The molecule has 2 N–H and O–H groups in total. The molecule has 1 aromatic carbocycles. The van der Waals surface area contributed by atoms with Crippen LogP contribution >= 0.6 is 0 Å². The Morgan fingerprint density at radius 2 is 2.00 bits per heavy atom. The van der Waals surface area contributed by atoms with E-state index in [1.807, 2.05) is 12.1 Å². The third-order valence-electron chi connectivity index (χ3n) is 4.73. The van der Waals surface area contributed by atoms with E-state index >= 15 is 0 Å². The van der Waals surface area contributed by atoms with Crippen LogP contribution in [-0.2, 0) is 4.79 Å². The molecule has 21 heavy (non-hydrogen) atoms. The lowest BCUT2D eigenvalue weighted by Gasteiger charge is -2.23. The van der Waals surface area contributed by atoms with Gasteiger partial charge in [0.2, 0.25) is 5.91 Å². The highest BCUT2D eigenvalue weighted by molar-refractivity contribution is 5.80. The summed E-state index contributed by atoms with van der Waals surface area (Å²) in [4.78, 5) is 12.5.